The number of benzene rings is 2. The summed E-state index contributed by atoms with van der Waals surface area (Å²) < 4.78 is 22.6. The summed E-state index contributed by atoms with van der Waals surface area (Å²) in [5.74, 6) is 3.63. The molecule has 1 heterocycles. The van der Waals surface area contributed by atoms with Crippen molar-refractivity contribution in [1.29, 1.82) is 0 Å². The molecule has 0 fully saturated rings. The lowest BCUT2D eigenvalue weighted by molar-refractivity contribution is -0.156. The van der Waals surface area contributed by atoms with Gasteiger partial charge in [-0.15, -0.1) is 12.3 Å². The number of hydrogen-bond acceptors (Lipinski definition) is 8. The van der Waals surface area contributed by atoms with Gasteiger partial charge in [0.1, 0.15) is 5.75 Å². The van der Waals surface area contributed by atoms with Gasteiger partial charge in [-0.25, -0.2) is 0 Å². The van der Waals surface area contributed by atoms with E-state index in [1.54, 1.807) is 24.3 Å². The summed E-state index contributed by atoms with van der Waals surface area (Å²) in [6.07, 6.45) is 4.37. The first-order chi connectivity index (χ1) is 15.9. The topological polar surface area (TPSA) is 98.9 Å². The fourth-order valence-electron chi connectivity index (χ4n) is 3.43. The van der Waals surface area contributed by atoms with E-state index in [0.29, 0.717) is 35.7 Å². The maximum atomic E-state index is 12.8. The number of nitrogens with zero attached hydrogens (tertiary/aromatic N) is 2. The Kier molecular flexibility index (Phi) is 7.91. The van der Waals surface area contributed by atoms with Gasteiger partial charge in [0.05, 0.1) is 27.2 Å². The van der Waals surface area contributed by atoms with Crippen molar-refractivity contribution < 1.29 is 28.8 Å². The van der Waals surface area contributed by atoms with Gasteiger partial charge in [0.25, 0.3) is 0 Å². The van der Waals surface area contributed by atoms with Crippen LogP contribution in [0.25, 0.3) is 0 Å². The Hall–Kier alpha value is -3.57. The molecule has 2 aromatic rings. The number of aliphatic hydroxyl groups excluding tert-OH is 1. The van der Waals surface area contributed by atoms with Crippen molar-refractivity contribution in [3.8, 4) is 29.6 Å². The average Bonchev–Trinajstić information content (AvgIpc) is 3.60. The molecule has 2 aromatic carbocycles. The van der Waals surface area contributed by atoms with Crippen LogP contribution in [0, 0.1) is 19.3 Å². The molecule has 0 bridgehead atoms. The highest BCUT2D eigenvalue weighted by Gasteiger charge is 2.40. The SMILES string of the molecule is C#CCC1(CCC(=O)OC(c2ccc(OC)c(OC)c2)C(CO)Oc2ccccc2C)N=N1. The van der Waals surface area contributed by atoms with Crippen LogP contribution in [0.1, 0.15) is 36.5 Å². The molecule has 8 nitrogen and oxygen atoms in total. The number of hydrogen-bond donors (Lipinski definition) is 1. The van der Waals surface area contributed by atoms with Crippen LogP contribution in [0.5, 0.6) is 17.2 Å². The first-order valence-electron chi connectivity index (χ1n) is 10.6. The van der Waals surface area contributed by atoms with Crippen molar-refractivity contribution in [2.24, 2.45) is 10.2 Å². The van der Waals surface area contributed by atoms with Gasteiger partial charge in [-0.2, -0.15) is 10.2 Å². The predicted octanol–water partition coefficient (Wildman–Crippen LogP) is 4.00. The second-order valence-corrected chi connectivity index (χ2v) is 7.69. The number of terminal acetylenes is 1. The number of ether oxygens (including phenoxy) is 4. The second-order valence-electron chi connectivity index (χ2n) is 7.69. The molecule has 33 heavy (non-hydrogen) atoms. The molecule has 1 aliphatic rings. The number of aliphatic hydroxyl groups is 1. The van der Waals surface area contributed by atoms with Crippen LogP contribution in [0.3, 0.4) is 0 Å². The minimum absolute atomic E-state index is 0.0704. The van der Waals surface area contributed by atoms with Crippen molar-refractivity contribution >= 4 is 5.97 Å². The smallest absolute Gasteiger partial charge is 0.306 e. The van der Waals surface area contributed by atoms with E-state index in [0.717, 1.165) is 5.56 Å². The van der Waals surface area contributed by atoms with Crippen molar-refractivity contribution in [3.05, 3.63) is 53.6 Å². The van der Waals surface area contributed by atoms with Crippen molar-refractivity contribution in [2.45, 2.75) is 44.1 Å². The van der Waals surface area contributed by atoms with Crippen LogP contribution in [-0.2, 0) is 9.53 Å². The monoisotopic (exact) mass is 452 g/mol. The highest BCUT2D eigenvalue weighted by molar-refractivity contribution is 5.70. The summed E-state index contributed by atoms with van der Waals surface area (Å²) in [7, 11) is 3.05. The van der Waals surface area contributed by atoms with Gasteiger partial charge in [0, 0.05) is 18.4 Å². The molecule has 0 saturated carbocycles. The molecule has 0 amide bonds. The fourth-order valence-corrected chi connectivity index (χ4v) is 3.43. The molecule has 2 unspecified atom stereocenters. The number of methoxy groups -OCH3 is 2. The number of carbonyl (C=O) groups is 1. The van der Waals surface area contributed by atoms with E-state index in [4.69, 9.17) is 25.4 Å². The van der Waals surface area contributed by atoms with Gasteiger partial charge in [-0.3, -0.25) is 4.79 Å². The van der Waals surface area contributed by atoms with Crippen LogP contribution in [0.2, 0.25) is 0 Å². The lowest BCUT2D eigenvalue weighted by atomic mass is 10.0. The fraction of sp³-hybridized carbons (Fsp3) is 0.400. The van der Waals surface area contributed by atoms with Gasteiger partial charge in [0.2, 0.25) is 5.66 Å². The molecular formula is C25H28N2O6. The molecule has 0 aromatic heterocycles. The summed E-state index contributed by atoms with van der Waals surface area (Å²) in [6, 6.07) is 12.6. The average molecular weight is 453 g/mol. The first-order valence-corrected chi connectivity index (χ1v) is 10.6. The zero-order valence-corrected chi connectivity index (χ0v) is 19.0. The largest absolute Gasteiger partial charge is 0.493 e. The van der Waals surface area contributed by atoms with E-state index in [1.165, 1.54) is 14.2 Å². The molecule has 174 valence electrons. The highest BCUT2D eigenvalue weighted by atomic mass is 16.6. The normalized spacial score (nSPS) is 15.1. The number of para-hydroxylation sites is 1. The number of rotatable bonds is 12. The molecule has 1 N–H and O–H groups in total. The van der Waals surface area contributed by atoms with Crippen LogP contribution in [-0.4, -0.2) is 43.7 Å². The van der Waals surface area contributed by atoms with Gasteiger partial charge in [-0.1, -0.05) is 24.3 Å². The third kappa shape index (κ3) is 6.02. The summed E-state index contributed by atoms with van der Waals surface area (Å²) >= 11 is 0. The summed E-state index contributed by atoms with van der Waals surface area (Å²) in [4.78, 5) is 12.8. The Morgan fingerprint density at radius 3 is 2.45 bits per heavy atom. The Bertz CT molecular complexity index is 1040. The Morgan fingerprint density at radius 2 is 1.85 bits per heavy atom. The van der Waals surface area contributed by atoms with Crippen LogP contribution < -0.4 is 14.2 Å². The zero-order chi connectivity index (χ0) is 23.8. The maximum absolute atomic E-state index is 12.8. The Labute approximate surface area is 193 Å². The van der Waals surface area contributed by atoms with Gasteiger partial charge in [0.15, 0.2) is 23.7 Å². The third-order valence-electron chi connectivity index (χ3n) is 5.38. The summed E-state index contributed by atoms with van der Waals surface area (Å²) in [6.45, 7) is 1.51. The van der Waals surface area contributed by atoms with E-state index >= 15 is 0 Å². The van der Waals surface area contributed by atoms with Crippen LogP contribution in [0.15, 0.2) is 52.7 Å². The molecule has 0 saturated heterocycles. The summed E-state index contributed by atoms with van der Waals surface area (Å²) in [5.41, 5.74) is 0.801. The van der Waals surface area contributed by atoms with Gasteiger partial charge in [-0.05, 0) is 30.7 Å². The predicted molar refractivity (Wildman–Crippen MR) is 121 cm³/mol. The zero-order valence-electron chi connectivity index (χ0n) is 19.0. The Morgan fingerprint density at radius 1 is 1.12 bits per heavy atom. The van der Waals surface area contributed by atoms with Crippen molar-refractivity contribution in [1.82, 2.24) is 0 Å². The molecule has 0 aliphatic carbocycles. The Balaban J connectivity index is 1.84. The van der Waals surface area contributed by atoms with E-state index in [2.05, 4.69) is 16.1 Å². The van der Waals surface area contributed by atoms with E-state index in [1.807, 2.05) is 25.1 Å². The standard InChI is InChI=1S/C25H28N2O6/c1-5-13-25(26-27-25)14-12-23(29)33-24(18-10-11-20(30-3)21(15-18)31-4)22(16-28)32-19-9-7-6-8-17(19)2/h1,6-11,15,22,24,28H,12-14,16H2,2-4H3. The summed E-state index contributed by atoms with van der Waals surface area (Å²) in [5, 5.41) is 18.1. The minimum atomic E-state index is -0.904. The molecule has 2 atom stereocenters. The highest BCUT2D eigenvalue weighted by Crippen LogP contribution is 2.37. The quantitative estimate of drug-likeness (QED) is 0.386. The molecular weight excluding hydrogens is 424 g/mol. The molecule has 1 aliphatic heterocycles. The minimum Gasteiger partial charge on any atom is -0.493 e. The third-order valence-corrected chi connectivity index (χ3v) is 5.38. The second kappa shape index (κ2) is 10.8. The van der Waals surface area contributed by atoms with Gasteiger partial charge < -0.3 is 24.1 Å². The molecule has 0 spiro atoms. The van der Waals surface area contributed by atoms with Gasteiger partial charge >= 0.3 is 5.97 Å². The molecule has 0 radical (unpaired) electrons. The molecule has 8 heteroatoms. The first kappa shape index (κ1) is 24.1. The van der Waals surface area contributed by atoms with E-state index < -0.39 is 23.8 Å². The van der Waals surface area contributed by atoms with E-state index in [-0.39, 0.29) is 13.0 Å². The van der Waals surface area contributed by atoms with E-state index in [9.17, 15) is 9.90 Å². The van der Waals surface area contributed by atoms with Crippen LogP contribution >= 0.6 is 0 Å². The molecule has 3 rings (SSSR count). The number of esters is 1. The van der Waals surface area contributed by atoms with Crippen LogP contribution in [0.4, 0.5) is 0 Å². The number of carbonyl (C=O) groups excluding carboxylic acids is 1. The lowest BCUT2D eigenvalue weighted by Gasteiger charge is -2.28. The maximum Gasteiger partial charge on any atom is 0.306 e. The van der Waals surface area contributed by atoms with Crippen molar-refractivity contribution in [2.75, 3.05) is 20.8 Å². The lowest BCUT2D eigenvalue weighted by Crippen LogP contribution is -2.33. The van der Waals surface area contributed by atoms with Crippen molar-refractivity contribution in [3.63, 3.8) is 0 Å². The number of aryl methyl sites for hydroxylation is 1.